The van der Waals surface area contributed by atoms with E-state index in [0.717, 1.165) is 52.8 Å². The van der Waals surface area contributed by atoms with Crippen LogP contribution in [0.2, 0.25) is 0 Å². The fourth-order valence-electron chi connectivity index (χ4n) is 6.13. The second-order valence-electron chi connectivity index (χ2n) is 10.1. The van der Waals surface area contributed by atoms with Crippen LogP contribution in [-0.4, -0.2) is 56.4 Å². The number of carbonyl (C=O) groups excluding carboxylic acids is 1. The Morgan fingerprint density at radius 3 is 2.86 bits per heavy atom. The summed E-state index contributed by atoms with van der Waals surface area (Å²) in [5.74, 6) is 1.15. The molecule has 5 heterocycles. The lowest BCUT2D eigenvalue weighted by Crippen LogP contribution is -2.41. The Morgan fingerprint density at radius 2 is 2.11 bits per heavy atom. The summed E-state index contributed by atoms with van der Waals surface area (Å²) in [5, 5.41) is 1.56. The molecule has 7 rings (SSSR count). The van der Waals surface area contributed by atoms with Gasteiger partial charge in [-0.05, 0) is 48.9 Å². The van der Waals surface area contributed by atoms with Crippen molar-refractivity contribution in [3.8, 4) is 11.8 Å². The smallest absolute Gasteiger partial charge is 0.326 e. The number of nitrogens with two attached hydrogens (primary N) is 1. The fraction of sp³-hybridized carbons (Fsp3) is 0.385. The van der Waals surface area contributed by atoms with Gasteiger partial charge in [0, 0.05) is 31.1 Å². The minimum absolute atomic E-state index is 0.0887. The molecule has 3 N–H and O–H groups in total. The number of carbonyl (C=O) groups is 1. The first-order valence-electron chi connectivity index (χ1n) is 12.4. The van der Waals surface area contributed by atoms with Crippen LogP contribution < -0.4 is 15.4 Å². The Balaban J connectivity index is 1.38. The molecule has 2 aliphatic heterocycles. The summed E-state index contributed by atoms with van der Waals surface area (Å²) in [6.45, 7) is 3.27. The molecule has 0 spiro atoms. The largest absolute Gasteiger partial charge is 0.423 e. The highest BCUT2D eigenvalue weighted by molar-refractivity contribution is 6.12. The van der Waals surface area contributed by atoms with Crippen LogP contribution in [0.15, 0.2) is 24.4 Å². The van der Waals surface area contributed by atoms with Crippen molar-refractivity contribution in [3.63, 3.8) is 0 Å². The van der Waals surface area contributed by atoms with Crippen LogP contribution in [0.1, 0.15) is 41.4 Å². The summed E-state index contributed by atoms with van der Waals surface area (Å²) in [5.41, 5.74) is 9.89. The number of aromatic amines is 1. The Labute approximate surface area is 206 Å². The molecule has 1 aromatic carbocycles. The standard InChI is InChI=1S/C26H26FN7O2/c1-3-12-4-14(27)6-18-21-23(30-22(12)18)31-26(32-24(21)34-10-13-5-15(34)7-19(13)28)36-16-8-17-20(29-9-16)11-33(2)25(17)35/h4,6,8-9,13,15,19H,3,5,7,10-11,28H2,1-2H3,(H,30,31,32)/t13-,15-,19-/m1/s1. The van der Waals surface area contributed by atoms with E-state index in [4.69, 9.17) is 15.5 Å². The van der Waals surface area contributed by atoms with Crippen LogP contribution >= 0.6 is 0 Å². The lowest BCUT2D eigenvalue weighted by atomic mass is 10.0. The lowest BCUT2D eigenvalue weighted by molar-refractivity contribution is 0.0816. The van der Waals surface area contributed by atoms with Gasteiger partial charge in [0.25, 0.3) is 5.91 Å². The molecule has 9 nitrogen and oxygen atoms in total. The fourth-order valence-corrected chi connectivity index (χ4v) is 6.13. The van der Waals surface area contributed by atoms with Crippen LogP contribution in [-0.2, 0) is 13.0 Å². The minimum Gasteiger partial charge on any atom is -0.423 e. The van der Waals surface area contributed by atoms with E-state index in [9.17, 15) is 9.18 Å². The second kappa shape index (κ2) is 7.60. The van der Waals surface area contributed by atoms with E-state index >= 15 is 0 Å². The Bertz CT molecular complexity index is 1570. The third kappa shape index (κ3) is 3.10. The number of halogens is 1. The number of anilines is 1. The first kappa shape index (κ1) is 21.5. The van der Waals surface area contributed by atoms with Gasteiger partial charge < -0.3 is 25.3 Å². The van der Waals surface area contributed by atoms with Crippen LogP contribution in [0, 0.1) is 11.7 Å². The molecular weight excluding hydrogens is 461 g/mol. The monoisotopic (exact) mass is 487 g/mol. The molecule has 184 valence electrons. The predicted octanol–water partition coefficient (Wildman–Crippen LogP) is 3.51. The number of nitrogens with one attached hydrogen (secondary N) is 1. The van der Waals surface area contributed by atoms with Gasteiger partial charge in [0.2, 0.25) is 0 Å². The van der Waals surface area contributed by atoms with Gasteiger partial charge in [-0.25, -0.2) is 4.39 Å². The molecule has 0 radical (unpaired) electrons. The number of hydrogen-bond donors (Lipinski definition) is 2. The van der Waals surface area contributed by atoms with Crippen molar-refractivity contribution < 1.29 is 13.9 Å². The van der Waals surface area contributed by atoms with Crippen molar-refractivity contribution in [2.75, 3.05) is 18.5 Å². The highest BCUT2D eigenvalue weighted by Crippen LogP contribution is 2.44. The van der Waals surface area contributed by atoms with Crippen molar-refractivity contribution in [1.29, 1.82) is 0 Å². The zero-order chi connectivity index (χ0) is 24.7. The predicted molar refractivity (Wildman–Crippen MR) is 133 cm³/mol. The number of benzene rings is 1. The number of pyridine rings is 1. The first-order chi connectivity index (χ1) is 17.4. The van der Waals surface area contributed by atoms with Gasteiger partial charge in [-0.3, -0.25) is 9.78 Å². The summed E-state index contributed by atoms with van der Waals surface area (Å²) in [6.07, 6.45) is 4.18. The number of H-pyrrole nitrogens is 1. The van der Waals surface area contributed by atoms with E-state index in [-0.39, 0.29) is 29.8 Å². The van der Waals surface area contributed by atoms with E-state index in [1.54, 1.807) is 36.3 Å². The lowest BCUT2D eigenvalue weighted by Gasteiger charge is -2.31. The third-order valence-electron chi connectivity index (χ3n) is 7.93. The van der Waals surface area contributed by atoms with Gasteiger partial charge in [0.05, 0.1) is 34.9 Å². The molecule has 2 bridgehead atoms. The van der Waals surface area contributed by atoms with Crippen LogP contribution in [0.4, 0.5) is 10.2 Å². The summed E-state index contributed by atoms with van der Waals surface area (Å²) >= 11 is 0. The van der Waals surface area contributed by atoms with Crippen molar-refractivity contribution in [2.45, 2.75) is 44.8 Å². The number of hydrogen-bond acceptors (Lipinski definition) is 7. The van der Waals surface area contributed by atoms with E-state index in [0.29, 0.717) is 35.8 Å². The number of nitrogens with zero attached hydrogens (tertiary/aromatic N) is 5. The molecule has 36 heavy (non-hydrogen) atoms. The zero-order valence-electron chi connectivity index (χ0n) is 20.1. The Kier molecular flexibility index (Phi) is 4.54. The van der Waals surface area contributed by atoms with Crippen molar-refractivity contribution in [2.24, 2.45) is 11.7 Å². The summed E-state index contributed by atoms with van der Waals surface area (Å²) in [6, 6.07) is 5.41. The molecule has 1 saturated heterocycles. The Morgan fingerprint density at radius 1 is 1.25 bits per heavy atom. The molecule has 3 aromatic heterocycles. The summed E-state index contributed by atoms with van der Waals surface area (Å²) in [4.78, 5) is 33.6. The molecular formula is C26H26FN7O2. The van der Waals surface area contributed by atoms with E-state index in [2.05, 4.69) is 19.9 Å². The Hall–Kier alpha value is -3.79. The van der Waals surface area contributed by atoms with Crippen LogP contribution in [0.3, 0.4) is 0 Å². The highest BCUT2D eigenvalue weighted by Gasteiger charge is 2.44. The maximum Gasteiger partial charge on any atom is 0.326 e. The molecule has 2 fully saturated rings. The zero-order valence-corrected chi connectivity index (χ0v) is 20.1. The molecule has 4 aromatic rings. The van der Waals surface area contributed by atoms with E-state index in [1.807, 2.05) is 6.92 Å². The van der Waals surface area contributed by atoms with Crippen molar-refractivity contribution in [1.82, 2.24) is 24.8 Å². The molecule has 3 atom stereocenters. The topological polar surface area (TPSA) is 113 Å². The molecule has 1 aliphatic carbocycles. The number of rotatable bonds is 4. The van der Waals surface area contributed by atoms with Crippen LogP contribution in [0.5, 0.6) is 11.8 Å². The van der Waals surface area contributed by atoms with Gasteiger partial charge in [-0.2, -0.15) is 9.97 Å². The molecule has 10 heteroatoms. The second-order valence-corrected chi connectivity index (χ2v) is 10.1. The third-order valence-corrected chi connectivity index (χ3v) is 7.93. The maximum absolute atomic E-state index is 14.6. The quantitative estimate of drug-likeness (QED) is 0.453. The van der Waals surface area contributed by atoms with Crippen molar-refractivity contribution in [3.05, 3.63) is 47.0 Å². The molecule has 1 saturated carbocycles. The van der Waals surface area contributed by atoms with Crippen LogP contribution in [0.25, 0.3) is 21.9 Å². The van der Waals surface area contributed by atoms with Gasteiger partial charge in [0.1, 0.15) is 23.0 Å². The SMILES string of the molecule is CCc1cc(F)cc2c1[nH]c1nc(Oc3cnc4c(c3)C(=O)N(C)C4)nc(N3C[C@H]4C[C@@H]3C[C@H]4N)c12. The number of aromatic nitrogens is 4. The first-order valence-corrected chi connectivity index (χ1v) is 12.4. The number of aryl methyl sites for hydroxylation is 1. The van der Waals surface area contributed by atoms with E-state index in [1.165, 1.54) is 0 Å². The van der Waals surface area contributed by atoms with Gasteiger partial charge in [0.15, 0.2) is 0 Å². The van der Waals surface area contributed by atoms with E-state index < -0.39 is 0 Å². The minimum atomic E-state index is -0.282. The maximum atomic E-state index is 14.6. The number of piperidine rings is 1. The highest BCUT2D eigenvalue weighted by atomic mass is 19.1. The van der Waals surface area contributed by atoms with Crippen molar-refractivity contribution >= 4 is 33.7 Å². The average Bonchev–Trinajstić information content (AvgIpc) is 3.60. The summed E-state index contributed by atoms with van der Waals surface area (Å²) < 4.78 is 20.7. The average molecular weight is 488 g/mol. The number of amides is 1. The normalized spacial score (nSPS) is 22.9. The number of fused-ring (bicyclic) bond motifs is 6. The number of ether oxygens (including phenoxy) is 1. The van der Waals surface area contributed by atoms with Gasteiger partial charge in [-0.1, -0.05) is 6.92 Å². The molecule has 1 amide bonds. The molecule has 3 aliphatic rings. The van der Waals surface area contributed by atoms with Gasteiger partial charge >= 0.3 is 6.01 Å². The van der Waals surface area contributed by atoms with Gasteiger partial charge in [-0.15, -0.1) is 0 Å². The molecule has 0 unspecified atom stereocenters. The summed E-state index contributed by atoms with van der Waals surface area (Å²) in [7, 11) is 1.74.